The molecule has 1 aliphatic heterocycles. The van der Waals surface area contributed by atoms with Gasteiger partial charge in [0.25, 0.3) is 5.91 Å². The van der Waals surface area contributed by atoms with E-state index in [4.69, 9.17) is 9.47 Å². The molecule has 1 atom stereocenters. The molecule has 1 unspecified atom stereocenters. The van der Waals surface area contributed by atoms with E-state index in [2.05, 4.69) is 0 Å². The number of sulfonamides is 1. The monoisotopic (exact) mass is 486 g/mol. The van der Waals surface area contributed by atoms with Gasteiger partial charge in [0.1, 0.15) is 17.5 Å². The van der Waals surface area contributed by atoms with Gasteiger partial charge in [0.2, 0.25) is 15.9 Å². The fraction of sp³-hybridized carbons (Fsp3) is 0.375. The van der Waals surface area contributed by atoms with Gasteiger partial charge in [-0.1, -0.05) is 12.8 Å². The topological polar surface area (TPSA) is 110 Å². The van der Waals surface area contributed by atoms with Crippen molar-refractivity contribution in [3.63, 3.8) is 0 Å². The fourth-order valence-corrected chi connectivity index (χ4v) is 6.39. The van der Waals surface area contributed by atoms with Crippen molar-refractivity contribution in [3.05, 3.63) is 48.5 Å². The first-order valence-electron chi connectivity index (χ1n) is 11.0. The molecule has 0 bridgehead atoms. The standard InChI is InChI=1S/C24H26N2O7S/c1-16(27)33-20-9-7-17(8-10-20)25-23(28)15-22(24(25)29)26(18-5-3-4-6-18)34(30,31)21-13-11-19(32-2)12-14-21/h7-14,18,22H,3-6,15H2,1-2H3. The number of methoxy groups -OCH3 is 1. The Morgan fingerprint density at radius 3 is 2.12 bits per heavy atom. The molecule has 1 saturated heterocycles. The Kier molecular flexibility index (Phi) is 6.72. The molecule has 0 aromatic heterocycles. The number of carbonyl (C=O) groups is 3. The lowest BCUT2D eigenvalue weighted by molar-refractivity contribution is -0.132. The van der Waals surface area contributed by atoms with E-state index in [9.17, 15) is 22.8 Å². The number of imide groups is 1. The zero-order valence-electron chi connectivity index (χ0n) is 19.0. The third kappa shape index (κ3) is 4.55. The molecule has 2 fully saturated rings. The van der Waals surface area contributed by atoms with Crippen LogP contribution >= 0.6 is 0 Å². The molecule has 180 valence electrons. The van der Waals surface area contributed by atoms with E-state index in [1.165, 1.54) is 54.7 Å². The van der Waals surface area contributed by atoms with Crippen LogP contribution in [0.1, 0.15) is 39.0 Å². The van der Waals surface area contributed by atoms with Gasteiger partial charge in [-0.15, -0.1) is 0 Å². The number of hydrogen-bond donors (Lipinski definition) is 0. The maximum atomic E-state index is 13.7. The van der Waals surface area contributed by atoms with Crippen molar-refractivity contribution in [1.82, 2.24) is 4.31 Å². The third-order valence-electron chi connectivity index (χ3n) is 6.11. The highest BCUT2D eigenvalue weighted by molar-refractivity contribution is 7.89. The minimum atomic E-state index is -4.05. The van der Waals surface area contributed by atoms with Crippen LogP contribution in [0.3, 0.4) is 0 Å². The second-order valence-corrected chi connectivity index (χ2v) is 10.2. The van der Waals surface area contributed by atoms with Crippen LogP contribution in [0, 0.1) is 0 Å². The molecular weight excluding hydrogens is 460 g/mol. The average Bonchev–Trinajstić information content (AvgIpc) is 3.43. The summed E-state index contributed by atoms with van der Waals surface area (Å²) in [5, 5.41) is 0. The number of rotatable bonds is 7. The summed E-state index contributed by atoms with van der Waals surface area (Å²) in [6.07, 6.45) is 2.73. The Hall–Kier alpha value is -3.24. The van der Waals surface area contributed by atoms with Gasteiger partial charge in [-0.3, -0.25) is 14.4 Å². The van der Waals surface area contributed by atoms with Gasteiger partial charge in [0, 0.05) is 13.0 Å². The van der Waals surface area contributed by atoms with E-state index in [1.807, 2.05) is 0 Å². The fourth-order valence-electron chi connectivity index (χ4n) is 4.56. The van der Waals surface area contributed by atoms with Crippen LogP contribution in [0.5, 0.6) is 11.5 Å². The first-order valence-corrected chi connectivity index (χ1v) is 12.5. The molecule has 2 aliphatic rings. The summed E-state index contributed by atoms with van der Waals surface area (Å²) < 4.78 is 38.8. The van der Waals surface area contributed by atoms with Gasteiger partial charge in [0.05, 0.1) is 24.1 Å². The van der Waals surface area contributed by atoms with Gasteiger partial charge >= 0.3 is 5.97 Å². The smallest absolute Gasteiger partial charge is 0.308 e. The second kappa shape index (κ2) is 9.55. The molecular formula is C24H26N2O7S. The molecule has 4 rings (SSSR count). The maximum absolute atomic E-state index is 13.7. The first-order chi connectivity index (χ1) is 16.2. The SMILES string of the molecule is COc1ccc(S(=O)(=O)N(C2CCCC2)C2CC(=O)N(c3ccc(OC(C)=O)cc3)C2=O)cc1. The maximum Gasteiger partial charge on any atom is 0.308 e. The van der Waals surface area contributed by atoms with E-state index in [0.717, 1.165) is 17.7 Å². The van der Waals surface area contributed by atoms with Gasteiger partial charge in [0.15, 0.2) is 0 Å². The minimum Gasteiger partial charge on any atom is -0.497 e. The van der Waals surface area contributed by atoms with Crippen molar-refractivity contribution in [2.75, 3.05) is 12.0 Å². The first kappa shape index (κ1) is 23.9. The van der Waals surface area contributed by atoms with Crippen LogP contribution in [0.25, 0.3) is 0 Å². The van der Waals surface area contributed by atoms with E-state index >= 15 is 0 Å². The van der Waals surface area contributed by atoms with E-state index in [-0.39, 0.29) is 23.1 Å². The third-order valence-corrected chi connectivity index (χ3v) is 8.08. The quantitative estimate of drug-likeness (QED) is 0.336. The largest absolute Gasteiger partial charge is 0.497 e. The normalized spacial score (nSPS) is 19.1. The number of ether oxygens (including phenoxy) is 2. The molecule has 2 aromatic carbocycles. The van der Waals surface area contributed by atoms with Crippen LogP contribution in [-0.4, -0.2) is 49.7 Å². The predicted octanol–water partition coefficient (Wildman–Crippen LogP) is 2.89. The van der Waals surface area contributed by atoms with Crippen molar-refractivity contribution in [1.29, 1.82) is 0 Å². The molecule has 9 nitrogen and oxygen atoms in total. The summed E-state index contributed by atoms with van der Waals surface area (Å²) in [6, 6.07) is 10.5. The van der Waals surface area contributed by atoms with E-state index in [0.29, 0.717) is 24.3 Å². The lowest BCUT2D eigenvalue weighted by Crippen LogP contribution is -2.49. The predicted molar refractivity (Wildman–Crippen MR) is 123 cm³/mol. The molecule has 2 aromatic rings. The van der Waals surface area contributed by atoms with Crippen molar-refractivity contribution < 1.29 is 32.3 Å². The Balaban J connectivity index is 1.66. The Bertz CT molecular complexity index is 1190. The number of hydrogen-bond acceptors (Lipinski definition) is 7. The number of esters is 1. The van der Waals surface area contributed by atoms with Crippen LogP contribution in [0.4, 0.5) is 5.69 Å². The summed E-state index contributed by atoms with van der Waals surface area (Å²) in [5.74, 6) is -0.766. The lowest BCUT2D eigenvalue weighted by Gasteiger charge is -2.32. The van der Waals surface area contributed by atoms with Crippen LogP contribution in [-0.2, 0) is 24.4 Å². The number of amides is 2. The zero-order valence-corrected chi connectivity index (χ0v) is 19.8. The van der Waals surface area contributed by atoms with Crippen molar-refractivity contribution in [3.8, 4) is 11.5 Å². The number of anilines is 1. The molecule has 0 spiro atoms. The second-order valence-electron chi connectivity index (χ2n) is 8.32. The van der Waals surface area contributed by atoms with Gasteiger partial charge in [-0.2, -0.15) is 4.31 Å². The number of carbonyl (C=O) groups excluding carboxylic acids is 3. The highest BCUT2D eigenvalue weighted by Gasteiger charge is 2.49. The van der Waals surface area contributed by atoms with Gasteiger partial charge in [-0.05, 0) is 61.4 Å². The molecule has 2 amide bonds. The molecule has 1 aliphatic carbocycles. The summed E-state index contributed by atoms with van der Waals surface area (Å²) in [6.45, 7) is 1.27. The molecule has 34 heavy (non-hydrogen) atoms. The molecule has 1 saturated carbocycles. The van der Waals surface area contributed by atoms with Gasteiger partial charge in [-0.25, -0.2) is 13.3 Å². The Labute approximate surface area is 198 Å². The van der Waals surface area contributed by atoms with E-state index in [1.54, 1.807) is 12.1 Å². The summed E-state index contributed by atoms with van der Waals surface area (Å²) in [4.78, 5) is 38.5. The van der Waals surface area contributed by atoms with Crippen LogP contribution in [0.15, 0.2) is 53.4 Å². The number of nitrogens with zero attached hydrogens (tertiary/aromatic N) is 2. The van der Waals surface area contributed by atoms with E-state index < -0.39 is 33.8 Å². The summed E-state index contributed by atoms with van der Waals surface area (Å²) >= 11 is 0. The van der Waals surface area contributed by atoms with Crippen LogP contribution < -0.4 is 14.4 Å². The minimum absolute atomic E-state index is 0.0460. The Morgan fingerprint density at radius 1 is 0.971 bits per heavy atom. The van der Waals surface area contributed by atoms with Gasteiger partial charge < -0.3 is 9.47 Å². The molecule has 10 heteroatoms. The molecule has 1 heterocycles. The highest BCUT2D eigenvalue weighted by atomic mass is 32.2. The van der Waals surface area contributed by atoms with Crippen molar-refractivity contribution in [2.24, 2.45) is 0 Å². The molecule has 0 radical (unpaired) electrons. The van der Waals surface area contributed by atoms with Crippen molar-refractivity contribution in [2.45, 2.75) is 56.0 Å². The highest BCUT2D eigenvalue weighted by Crippen LogP contribution is 2.36. The number of benzene rings is 2. The summed E-state index contributed by atoms with van der Waals surface area (Å²) in [7, 11) is -2.56. The van der Waals surface area contributed by atoms with Crippen LogP contribution in [0.2, 0.25) is 0 Å². The summed E-state index contributed by atoms with van der Waals surface area (Å²) in [5.41, 5.74) is 0.293. The zero-order chi connectivity index (χ0) is 24.5. The Morgan fingerprint density at radius 2 is 1.56 bits per heavy atom. The van der Waals surface area contributed by atoms with Crippen molar-refractivity contribution >= 4 is 33.5 Å². The lowest BCUT2D eigenvalue weighted by atomic mass is 10.2. The molecule has 0 N–H and O–H groups in total. The average molecular weight is 487 g/mol.